The van der Waals surface area contributed by atoms with E-state index < -0.39 is 0 Å². The van der Waals surface area contributed by atoms with Crippen LogP contribution in [-0.4, -0.2) is 20.3 Å². The number of hydrogen-bond acceptors (Lipinski definition) is 4. The minimum absolute atomic E-state index is 0.102. The maximum Gasteiger partial charge on any atom is 0.124 e. The molecule has 0 aromatic heterocycles. The third kappa shape index (κ3) is 3.57. The van der Waals surface area contributed by atoms with Gasteiger partial charge in [0.1, 0.15) is 12.4 Å². The van der Waals surface area contributed by atoms with Gasteiger partial charge in [0.15, 0.2) is 0 Å². The Labute approximate surface area is 119 Å². The Hall–Kier alpha value is -1.88. The molecule has 0 radical (unpaired) electrons. The molecule has 4 nitrogen and oxygen atoms in total. The van der Waals surface area contributed by atoms with Crippen molar-refractivity contribution in [2.45, 2.75) is 6.04 Å². The van der Waals surface area contributed by atoms with Crippen molar-refractivity contribution < 1.29 is 9.47 Å². The number of para-hydroxylation sites is 1. The van der Waals surface area contributed by atoms with Crippen molar-refractivity contribution >= 4 is 0 Å². The second kappa shape index (κ2) is 7.65. The summed E-state index contributed by atoms with van der Waals surface area (Å²) in [6, 6.07) is 17.8. The predicted octanol–water partition coefficient (Wildman–Crippen LogP) is 2.26. The zero-order valence-electron chi connectivity index (χ0n) is 11.6. The summed E-state index contributed by atoms with van der Waals surface area (Å²) in [6.45, 7) is 1.07. The Kier molecular flexibility index (Phi) is 5.55. The van der Waals surface area contributed by atoms with E-state index in [4.69, 9.17) is 15.3 Å². The maximum atomic E-state index is 5.76. The first kappa shape index (κ1) is 14.5. The fourth-order valence-corrected chi connectivity index (χ4v) is 2.10. The van der Waals surface area contributed by atoms with Crippen LogP contribution in [0.2, 0.25) is 0 Å². The Morgan fingerprint density at radius 2 is 1.70 bits per heavy atom. The van der Waals surface area contributed by atoms with Crippen molar-refractivity contribution in [3.8, 4) is 5.75 Å². The average molecular weight is 272 g/mol. The van der Waals surface area contributed by atoms with E-state index in [1.54, 1.807) is 7.11 Å². The van der Waals surface area contributed by atoms with E-state index in [-0.39, 0.29) is 6.04 Å². The standard InChI is InChI=1S/C16H20N2O2/c1-19-11-12-20-15-10-6-5-9-14(15)16(18-17)13-7-3-2-4-8-13/h2-10,16,18H,11-12,17H2,1H3. The van der Waals surface area contributed by atoms with Crippen molar-refractivity contribution in [1.82, 2.24) is 5.43 Å². The molecule has 1 atom stereocenters. The molecule has 0 aliphatic carbocycles. The summed E-state index contributed by atoms with van der Waals surface area (Å²) >= 11 is 0. The van der Waals surface area contributed by atoms with Crippen molar-refractivity contribution in [3.63, 3.8) is 0 Å². The van der Waals surface area contributed by atoms with E-state index in [9.17, 15) is 0 Å². The summed E-state index contributed by atoms with van der Waals surface area (Å²) in [5.74, 6) is 6.55. The normalized spacial score (nSPS) is 12.1. The van der Waals surface area contributed by atoms with E-state index in [1.165, 1.54) is 0 Å². The van der Waals surface area contributed by atoms with Crippen LogP contribution in [-0.2, 0) is 4.74 Å². The van der Waals surface area contributed by atoms with Crippen molar-refractivity contribution in [3.05, 3.63) is 65.7 Å². The number of nitrogens with two attached hydrogens (primary N) is 1. The monoisotopic (exact) mass is 272 g/mol. The summed E-state index contributed by atoms with van der Waals surface area (Å²) in [7, 11) is 1.66. The predicted molar refractivity (Wildman–Crippen MR) is 79.4 cm³/mol. The number of benzene rings is 2. The summed E-state index contributed by atoms with van der Waals surface area (Å²) in [5, 5.41) is 0. The highest BCUT2D eigenvalue weighted by molar-refractivity contribution is 5.41. The number of methoxy groups -OCH3 is 1. The van der Waals surface area contributed by atoms with E-state index in [2.05, 4.69) is 5.43 Å². The van der Waals surface area contributed by atoms with Gasteiger partial charge in [-0.25, -0.2) is 5.43 Å². The van der Waals surface area contributed by atoms with Gasteiger partial charge < -0.3 is 9.47 Å². The molecule has 0 spiro atoms. The SMILES string of the molecule is COCCOc1ccccc1C(NN)c1ccccc1. The summed E-state index contributed by atoms with van der Waals surface area (Å²) < 4.78 is 10.8. The zero-order valence-corrected chi connectivity index (χ0v) is 11.6. The van der Waals surface area contributed by atoms with Crippen LogP contribution in [0.15, 0.2) is 54.6 Å². The molecule has 20 heavy (non-hydrogen) atoms. The fourth-order valence-electron chi connectivity index (χ4n) is 2.10. The van der Waals surface area contributed by atoms with Crippen LogP contribution in [0.25, 0.3) is 0 Å². The van der Waals surface area contributed by atoms with E-state index in [1.807, 2.05) is 54.6 Å². The average Bonchev–Trinajstić information content (AvgIpc) is 2.51. The van der Waals surface area contributed by atoms with E-state index >= 15 is 0 Å². The highest BCUT2D eigenvalue weighted by Crippen LogP contribution is 2.29. The largest absolute Gasteiger partial charge is 0.491 e. The molecule has 1 unspecified atom stereocenters. The molecule has 4 heteroatoms. The van der Waals surface area contributed by atoms with Crippen LogP contribution in [0.5, 0.6) is 5.75 Å². The van der Waals surface area contributed by atoms with Gasteiger partial charge in [0.2, 0.25) is 0 Å². The maximum absolute atomic E-state index is 5.76. The number of hydrogen-bond donors (Lipinski definition) is 2. The molecule has 3 N–H and O–H groups in total. The lowest BCUT2D eigenvalue weighted by atomic mass is 9.98. The van der Waals surface area contributed by atoms with Gasteiger partial charge in [0, 0.05) is 12.7 Å². The van der Waals surface area contributed by atoms with Gasteiger partial charge in [-0.1, -0.05) is 48.5 Å². The smallest absolute Gasteiger partial charge is 0.124 e. The van der Waals surface area contributed by atoms with Crippen molar-refractivity contribution in [2.24, 2.45) is 5.84 Å². The molecular weight excluding hydrogens is 252 g/mol. The second-order valence-electron chi connectivity index (χ2n) is 4.39. The second-order valence-corrected chi connectivity index (χ2v) is 4.39. The van der Waals surface area contributed by atoms with Crippen LogP contribution in [0.3, 0.4) is 0 Å². The quantitative estimate of drug-likeness (QED) is 0.461. The van der Waals surface area contributed by atoms with Gasteiger partial charge in [-0.15, -0.1) is 0 Å². The Bertz CT molecular complexity index is 517. The van der Waals surface area contributed by atoms with Crippen LogP contribution in [0, 0.1) is 0 Å². The molecule has 0 saturated heterocycles. The van der Waals surface area contributed by atoms with Gasteiger partial charge in [-0.05, 0) is 11.6 Å². The Balaban J connectivity index is 2.25. The van der Waals surface area contributed by atoms with E-state index in [0.29, 0.717) is 13.2 Å². The molecule has 0 aliphatic rings. The van der Waals surface area contributed by atoms with Gasteiger partial charge in [-0.3, -0.25) is 5.84 Å². The number of ether oxygens (including phenoxy) is 2. The third-order valence-electron chi connectivity index (χ3n) is 3.07. The molecule has 0 bridgehead atoms. The van der Waals surface area contributed by atoms with Gasteiger partial charge in [0.25, 0.3) is 0 Å². The first-order chi connectivity index (χ1) is 9.86. The highest BCUT2D eigenvalue weighted by Gasteiger charge is 2.16. The zero-order chi connectivity index (χ0) is 14.2. The molecular formula is C16H20N2O2. The van der Waals surface area contributed by atoms with Crippen molar-refractivity contribution in [2.75, 3.05) is 20.3 Å². The number of hydrazine groups is 1. The molecule has 0 aliphatic heterocycles. The Morgan fingerprint density at radius 1 is 1.00 bits per heavy atom. The molecule has 2 rings (SSSR count). The minimum atomic E-state index is -0.102. The highest BCUT2D eigenvalue weighted by atomic mass is 16.5. The van der Waals surface area contributed by atoms with Gasteiger partial charge >= 0.3 is 0 Å². The molecule has 2 aromatic rings. The fraction of sp³-hybridized carbons (Fsp3) is 0.250. The molecule has 0 heterocycles. The Morgan fingerprint density at radius 3 is 2.40 bits per heavy atom. The van der Waals surface area contributed by atoms with Crippen LogP contribution in [0.1, 0.15) is 17.2 Å². The lowest BCUT2D eigenvalue weighted by Gasteiger charge is -2.20. The van der Waals surface area contributed by atoms with Crippen molar-refractivity contribution in [1.29, 1.82) is 0 Å². The van der Waals surface area contributed by atoms with E-state index in [0.717, 1.165) is 16.9 Å². The summed E-state index contributed by atoms with van der Waals surface area (Å²) in [6.07, 6.45) is 0. The van der Waals surface area contributed by atoms with Gasteiger partial charge in [0.05, 0.1) is 12.6 Å². The van der Waals surface area contributed by atoms with Crippen LogP contribution in [0.4, 0.5) is 0 Å². The number of rotatable bonds is 7. The molecule has 0 saturated carbocycles. The molecule has 0 amide bonds. The lowest BCUT2D eigenvalue weighted by molar-refractivity contribution is 0.145. The third-order valence-corrected chi connectivity index (χ3v) is 3.07. The van der Waals surface area contributed by atoms with Gasteiger partial charge in [-0.2, -0.15) is 0 Å². The first-order valence-electron chi connectivity index (χ1n) is 6.58. The lowest BCUT2D eigenvalue weighted by Crippen LogP contribution is -2.29. The number of nitrogens with one attached hydrogen (secondary N) is 1. The molecule has 0 fully saturated rings. The van der Waals surface area contributed by atoms with Crippen LogP contribution < -0.4 is 16.0 Å². The summed E-state index contributed by atoms with van der Waals surface area (Å²) in [5.41, 5.74) is 4.96. The van der Waals surface area contributed by atoms with Crippen LogP contribution >= 0.6 is 0 Å². The summed E-state index contributed by atoms with van der Waals surface area (Å²) in [4.78, 5) is 0. The molecule has 2 aromatic carbocycles. The first-order valence-corrected chi connectivity index (χ1v) is 6.58. The topological polar surface area (TPSA) is 56.5 Å². The molecule has 106 valence electrons. The minimum Gasteiger partial charge on any atom is -0.491 e.